The molecule has 1 aromatic carbocycles. The van der Waals surface area contributed by atoms with Gasteiger partial charge in [0.2, 0.25) is 5.95 Å². The number of imidazole rings is 1. The third kappa shape index (κ3) is 2.94. The monoisotopic (exact) mass is 337 g/mol. The van der Waals surface area contributed by atoms with E-state index in [-0.39, 0.29) is 17.8 Å². The molecule has 8 heteroatoms. The average Bonchev–Trinajstić information content (AvgIpc) is 2.89. The van der Waals surface area contributed by atoms with Gasteiger partial charge in [-0.15, -0.1) is 0 Å². The normalized spacial score (nSPS) is 11.7. The Balaban J connectivity index is 1.82. The van der Waals surface area contributed by atoms with E-state index in [0.29, 0.717) is 0 Å². The zero-order valence-electron chi connectivity index (χ0n) is 12.1. The molecular weight excluding hydrogens is 326 g/mol. The molecule has 0 aliphatic heterocycles. The van der Waals surface area contributed by atoms with Crippen molar-refractivity contribution in [3.63, 3.8) is 0 Å². The summed E-state index contributed by atoms with van der Waals surface area (Å²) in [6.07, 6.45) is -3.14. The minimum absolute atomic E-state index is 0.109. The lowest BCUT2D eigenvalue weighted by Crippen LogP contribution is -2.25. The number of hydrogen-bond donors (Lipinski definition) is 1. The molecule has 3 aromatic rings. The highest BCUT2D eigenvalue weighted by molar-refractivity contribution is 5.93. The minimum Gasteiger partial charge on any atom is -0.346 e. The average molecular weight is 337 g/mol. The van der Waals surface area contributed by atoms with Gasteiger partial charge in [-0.3, -0.25) is 9.20 Å². The summed E-state index contributed by atoms with van der Waals surface area (Å²) in [6.45, 7) is -0.387. The van der Waals surface area contributed by atoms with E-state index in [9.17, 15) is 22.4 Å². The van der Waals surface area contributed by atoms with Gasteiger partial charge in [-0.25, -0.2) is 4.98 Å². The summed E-state index contributed by atoms with van der Waals surface area (Å²) < 4.78 is 53.9. The van der Waals surface area contributed by atoms with Crippen LogP contribution < -0.4 is 5.32 Å². The number of nitrogens with one attached hydrogen (secondary N) is 1. The van der Waals surface area contributed by atoms with Crippen molar-refractivity contribution in [1.82, 2.24) is 14.7 Å². The van der Waals surface area contributed by atoms with Crippen LogP contribution in [-0.4, -0.2) is 15.3 Å². The van der Waals surface area contributed by atoms with Crippen molar-refractivity contribution in [2.45, 2.75) is 12.7 Å². The van der Waals surface area contributed by atoms with Crippen molar-refractivity contribution >= 4 is 11.6 Å². The SMILES string of the molecule is O=C(NCc1ccccc1C(F)(F)F)c1nc2ccccn2c1F. The van der Waals surface area contributed by atoms with Gasteiger partial charge in [-0.2, -0.15) is 17.6 Å². The third-order valence-electron chi connectivity index (χ3n) is 3.45. The van der Waals surface area contributed by atoms with Gasteiger partial charge in [0, 0.05) is 12.7 Å². The van der Waals surface area contributed by atoms with Gasteiger partial charge in [0.15, 0.2) is 5.69 Å². The number of rotatable bonds is 3. The molecule has 3 rings (SSSR count). The van der Waals surface area contributed by atoms with Gasteiger partial charge in [0.05, 0.1) is 5.56 Å². The van der Waals surface area contributed by atoms with E-state index >= 15 is 0 Å². The lowest BCUT2D eigenvalue weighted by atomic mass is 10.1. The van der Waals surface area contributed by atoms with Crippen LogP contribution in [0.5, 0.6) is 0 Å². The van der Waals surface area contributed by atoms with Crippen LogP contribution in [0.1, 0.15) is 21.6 Å². The van der Waals surface area contributed by atoms with Crippen molar-refractivity contribution in [3.8, 4) is 0 Å². The fourth-order valence-corrected chi connectivity index (χ4v) is 2.32. The second-order valence-electron chi connectivity index (χ2n) is 5.02. The summed E-state index contributed by atoms with van der Waals surface area (Å²) in [5.74, 6) is -1.75. The lowest BCUT2D eigenvalue weighted by Gasteiger charge is -2.12. The molecule has 1 N–H and O–H groups in total. The number of benzene rings is 1. The summed E-state index contributed by atoms with van der Waals surface area (Å²) in [6, 6.07) is 9.58. The Bertz CT molecular complexity index is 902. The Morgan fingerprint density at radius 1 is 1.12 bits per heavy atom. The van der Waals surface area contributed by atoms with E-state index in [1.165, 1.54) is 30.5 Å². The fraction of sp³-hybridized carbons (Fsp3) is 0.125. The molecule has 0 saturated carbocycles. The number of carbonyl (C=O) groups excluding carboxylic acids is 1. The van der Waals surface area contributed by atoms with Crippen molar-refractivity contribution in [2.24, 2.45) is 0 Å². The quantitative estimate of drug-likeness (QED) is 0.745. The maximum absolute atomic E-state index is 14.1. The minimum atomic E-state index is -4.53. The van der Waals surface area contributed by atoms with Crippen molar-refractivity contribution in [3.05, 3.63) is 71.4 Å². The van der Waals surface area contributed by atoms with Crippen LogP contribution in [0.15, 0.2) is 48.7 Å². The molecule has 1 amide bonds. The highest BCUT2D eigenvalue weighted by Gasteiger charge is 2.33. The first kappa shape index (κ1) is 16.0. The molecule has 0 saturated heterocycles. The molecule has 0 spiro atoms. The van der Waals surface area contributed by atoms with Crippen LogP contribution in [0.25, 0.3) is 5.65 Å². The lowest BCUT2D eigenvalue weighted by molar-refractivity contribution is -0.138. The first-order chi connectivity index (χ1) is 11.4. The molecule has 0 aliphatic carbocycles. The summed E-state index contributed by atoms with van der Waals surface area (Å²) >= 11 is 0. The Morgan fingerprint density at radius 3 is 2.54 bits per heavy atom. The van der Waals surface area contributed by atoms with E-state index < -0.39 is 29.3 Å². The number of halogens is 4. The van der Waals surface area contributed by atoms with Gasteiger partial charge in [0.25, 0.3) is 5.91 Å². The van der Waals surface area contributed by atoms with Gasteiger partial charge >= 0.3 is 6.18 Å². The molecule has 24 heavy (non-hydrogen) atoms. The van der Waals surface area contributed by atoms with Crippen LogP contribution in [0.4, 0.5) is 17.6 Å². The number of pyridine rings is 1. The smallest absolute Gasteiger partial charge is 0.346 e. The van der Waals surface area contributed by atoms with Crippen molar-refractivity contribution < 1.29 is 22.4 Å². The molecule has 0 atom stereocenters. The highest BCUT2D eigenvalue weighted by Crippen LogP contribution is 2.31. The highest BCUT2D eigenvalue weighted by atomic mass is 19.4. The molecule has 0 radical (unpaired) electrons. The van der Waals surface area contributed by atoms with Crippen LogP contribution in [-0.2, 0) is 12.7 Å². The zero-order chi connectivity index (χ0) is 17.3. The Morgan fingerprint density at radius 2 is 1.83 bits per heavy atom. The molecule has 0 aliphatic rings. The number of alkyl halides is 3. The number of nitrogens with zero attached hydrogens (tertiary/aromatic N) is 2. The maximum Gasteiger partial charge on any atom is 0.416 e. The molecule has 124 valence electrons. The Kier molecular flexibility index (Phi) is 3.96. The van der Waals surface area contributed by atoms with Gasteiger partial charge in [-0.05, 0) is 23.8 Å². The number of hydrogen-bond acceptors (Lipinski definition) is 2. The van der Waals surface area contributed by atoms with Crippen LogP contribution in [0.3, 0.4) is 0 Å². The maximum atomic E-state index is 14.1. The van der Waals surface area contributed by atoms with Gasteiger partial charge in [-0.1, -0.05) is 24.3 Å². The van der Waals surface area contributed by atoms with Gasteiger partial charge in [0.1, 0.15) is 5.65 Å². The summed E-state index contributed by atoms with van der Waals surface area (Å²) in [5, 5.41) is 2.27. The molecular formula is C16H11F4N3O. The molecule has 2 heterocycles. The number of fused-ring (bicyclic) bond motifs is 1. The molecule has 2 aromatic heterocycles. The standard InChI is InChI=1S/C16H11F4N3O/c17-14-13(22-12-7-3-4-8-23(12)14)15(24)21-9-10-5-1-2-6-11(10)16(18,19)20/h1-8H,9H2,(H,21,24). The van der Waals surface area contributed by atoms with E-state index in [0.717, 1.165) is 10.5 Å². The van der Waals surface area contributed by atoms with E-state index in [4.69, 9.17) is 0 Å². The Hall–Kier alpha value is -2.90. The molecule has 0 fully saturated rings. The van der Waals surface area contributed by atoms with Crippen LogP contribution >= 0.6 is 0 Å². The zero-order valence-corrected chi connectivity index (χ0v) is 12.1. The van der Waals surface area contributed by atoms with E-state index in [1.807, 2.05) is 0 Å². The second-order valence-corrected chi connectivity index (χ2v) is 5.02. The fourth-order valence-electron chi connectivity index (χ4n) is 2.32. The van der Waals surface area contributed by atoms with Crippen molar-refractivity contribution in [2.75, 3.05) is 0 Å². The predicted octanol–water partition coefficient (Wildman–Crippen LogP) is 3.42. The summed E-state index contributed by atoms with van der Waals surface area (Å²) in [5.41, 5.74) is -1.19. The van der Waals surface area contributed by atoms with E-state index in [1.54, 1.807) is 12.1 Å². The second kappa shape index (κ2) is 5.95. The summed E-state index contributed by atoms with van der Waals surface area (Å²) in [4.78, 5) is 15.9. The molecule has 4 nitrogen and oxygen atoms in total. The van der Waals surface area contributed by atoms with Crippen molar-refractivity contribution in [1.29, 1.82) is 0 Å². The third-order valence-corrected chi connectivity index (χ3v) is 3.45. The molecule has 0 unspecified atom stereocenters. The Labute approximate surface area is 133 Å². The van der Waals surface area contributed by atoms with Crippen LogP contribution in [0, 0.1) is 5.95 Å². The predicted molar refractivity (Wildman–Crippen MR) is 77.8 cm³/mol. The largest absolute Gasteiger partial charge is 0.416 e. The summed E-state index contributed by atoms with van der Waals surface area (Å²) in [7, 11) is 0. The van der Waals surface area contributed by atoms with Crippen LogP contribution in [0.2, 0.25) is 0 Å². The number of carbonyl (C=O) groups is 1. The topological polar surface area (TPSA) is 46.4 Å². The number of amides is 1. The number of aromatic nitrogens is 2. The van der Waals surface area contributed by atoms with E-state index in [2.05, 4.69) is 10.3 Å². The molecule has 0 bridgehead atoms. The first-order valence-electron chi connectivity index (χ1n) is 6.94. The van der Waals surface area contributed by atoms with Gasteiger partial charge < -0.3 is 5.32 Å². The first-order valence-corrected chi connectivity index (χ1v) is 6.94.